The van der Waals surface area contributed by atoms with Gasteiger partial charge in [-0.15, -0.1) is 0 Å². The molecule has 1 aromatic carbocycles. The van der Waals surface area contributed by atoms with Gasteiger partial charge in [0.1, 0.15) is 5.76 Å². The smallest absolute Gasteiger partial charge is 0.273 e. The predicted molar refractivity (Wildman–Crippen MR) is 99.0 cm³/mol. The van der Waals surface area contributed by atoms with Gasteiger partial charge in [-0.05, 0) is 18.4 Å². The number of benzene rings is 1. The highest BCUT2D eigenvalue weighted by atomic mass is 16.5. The first kappa shape index (κ1) is 17.2. The van der Waals surface area contributed by atoms with Crippen LogP contribution in [0.25, 0.3) is 0 Å². The lowest BCUT2D eigenvalue weighted by Crippen LogP contribution is -2.48. The van der Waals surface area contributed by atoms with E-state index in [4.69, 9.17) is 4.52 Å². The molecule has 1 aliphatic heterocycles. The Kier molecular flexibility index (Phi) is 5.32. The molecule has 6 heteroatoms. The second kappa shape index (κ2) is 8.01. The lowest BCUT2D eigenvalue weighted by atomic mass is 10.2. The van der Waals surface area contributed by atoms with Crippen molar-refractivity contribution >= 4 is 5.91 Å². The number of amides is 1. The van der Waals surface area contributed by atoms with E-state index >= 15 is 0 Å². The molecule has 2 heterocycles. The Morgan fingerprint density at radius 1 is 1.12 bits per heavy atom. The summed E-state index contributed by atoms with van der Waals surface area (Å²) in [6.45, 7) is 6.74. The van der Waals surface area contributed by atoms with Crippen molar-refractivity contribution in [1.82, 2.24) is 20.3 Å². The van der Waals surface area contributed by atoms with Gasteiger partial charge in [0.2, 0.25) is 0 Å². The van der Waals surface area contributed by atoms with E-state index in [9.17, 15) is 4.79 Å². The number of nitrogens with one attached hydrogen (secondary N) is 1. The molecule has 1 amide bonds. The fraction of sp³-hybridized carbons (Fsp3) is 0.500. The van der Waals surface area contributed by atoms with Gasteiger partial charge < -0.3 is 9.84 Å². The quantitative estimate of drug-likeness (QED) is 0.825. The number of rotatable bonds is 7. The Balaban J connectivity index is 1.15. The molecule has 0 unspecified atom stereocenters. The van der Waals surface area contributed by atoms with Crippen LogP contribution in [0.1, 0.15) is 40.6 Å². The van der Waals surface area contributed by atoms with Crippen LogP contribution in [0.3, 0.4) is 0 Å². The van der Waals surface area contributed by atoms with Gasteiger partial charge in [0, 0.05) is 57.8 Å². The van der Waals surface area contributed by atoms with Gasteiger partial charge in [0.25, 0.3) is 5.91 Å². The maximum Gasteiger partial charge on any atom is 0.273 e. The Morgan fingerprint density at radius 2 is 1.85 bits per heavy atom. The van der Waals surface area contributed by atoms with Crippen molar-refractivity contribution in [3.63, 3.8) is 0 Å². The highest BCUT2D eigenvalue weighted by Gasteiger charge is 2.28. The molecule has 2 aromatic rings. The van der Waals surface area contributed by atoms with E-state index in [1.165, 1.54) is 5.56 Å². The third-order valence-electron chi connectivity index (χ3n) is 5.17. The first-order valence-corrected chi connectivity index (χ1v) is 9.51. The molecule has 0 spiro atoms. The van der Waals surface area contributed by atoms with Crippen LogP contribution in [0, 0.1) is 0 Å². The molecule has 0 bridgehead atoms. The third-order valence-corrected chi connectivity index (χ3v) is 5.17. The summed E-state index contributed by atoms with van der Waals surface area (Å²) in [5.41, 5.74) is 1.77. The maximum absolute atomic E-state index is 12.1. The average Bonchev–Trinajstić information content (AvgIpc) is 3.40. The van der Waals surface area contributed by atoms with E-state index in [0.29, 0.717) is 18.2 Å². The highest BCUT2D eigenvalue weighted by molar-refractivity contribution is 5.92. The summed E-state index contributed by atoms with van der Waals surface area (Å²) in [5, 5.41) is 6.84. The SMILES string of the molecule is O=C(NCCN1CCN(Cc2ccccc2)CC1)c1cc(C2CC2)on1. The van der Waals surface area contributed by atoms with E-state index in [1.807, 2.05) is 0 Å². The Morgan fingerprint density at radius 3 is 2.58 bits per heavy atom. The molecule has 1 aromatic heterocycles. The average molecular weight is 354 g/mol. The molecule has 26 heavy (non-hydrogen) atoms. The fourth-order valence-corrected chi connectivity index (χ4v) is 3.39. The summed E-state index contributed by atoms with van der Waals surface area (Å²) >= 11 is 0. The summed E-state index contributed by atoms with van der Waals surface area (Å²) in [6, 6.07) is 12.4. The number of hydrogen-bond donors (Lipinski definition) is 1. The van der Waals surface area contributed by atoms with E-state index in [-0.39, 0.29) is 5.91 Å². The molecule has 0 radical (unpaired) electrons. The van der Waals surface area contributed by atoms with Crippen LogP contribution in [0.5, 0.6) is 0 Å². The second-order valence-electron chi connectivity index (χ2n) is 7.25. The molecule has 1 aliphatic carbocycles. The standard InChI is InChI=1S/C20H26N4O2/c25-20(18-14-19(26-22-18)17-6-7-17)21-8-9-23-10-12-24(13-11-23)15-16-4-2-1-3-5-16/h1-5,14,17H,6-13,15H2,(H,21,25). The zero-order chi connectivity index (χ0) is 17.8. The first-order valence-electron chi connectivity index (χ1n) is 9.51. The number of aromatic nitrogens is 1. The molecule has 1 saturated carbocycles. The van der Waals surface area contributed by atoms with Crippen LogP contribution in [-0.2, 0) is 6.54 Å². The molecule has 1 saturated heterocycles. The summed E-state index contributed by atoms with van der Waals surface area (Å²) < 4.78 is 5.24. The van der Waals surface area contributed by atoms with Crippen LogP contribution < -0.4 is 5.32 Å². The number of piperazine rings is 1. The van der Waals surface area contributed by atoms with Crippen molar-refractivity contribution in [3.8, 4) is 0 Å². The molecule has 1 N–H and O–H groups in total. The van der Waals surface area contributed by atoms with Crippen LogP contribution in [0.4, 0.5) is 0 Å². The topological polar surface area (TPSA) is 61.6 Å². The fourth-order valence-electron chi connectivity index (χ4n) is 3.39. The van der Waals surface area contributed by atoms with Gasteiger partial charge in [-0.3, -0.25) is 14.6 Å². The molecule has 138 valence electrons. The lowest BCUT2D eigenvalue weighted by Gasteiger charge is -2.34. The Bertz CT molecular complexity index is 718. The number of carbonyl (C=O) groups excluding carboxylic acids is 1. The molecule has 2 fully saturated rings. The predicted octanol–water partition coefficient (Wildman–Crippen LogP) is 2.10. The van der Waals surface area contributed by atoms with E-state index < -0.39 is 0 Å². The number of hydrogen-bond acceptors (Lipinski definition) is 5. The molecule has 6 nitrogen and oxygen atoms in total. The van der Waals surface area contributed by atoms with E-state index in [1.54, 1.807) is 6.07 Å². The van der Waals surface area contributed by atoms with Crippen LogP contribution >= 0.6 is 0 Å². The minimum Gasteiger partial charge on any atom is -0.360 e. The van der Waals surface area contributed by atoms with Crippen LogP contribution in [-0.4, -0.2) is 60.1 Å². The van der Waals surface area contributed by atoms with Crippen LogP contribution in [0.2, 0.25) is 0 Å². The van der Waals surface area contributed by atoms with Crippen molar-refractivity contribution in [2.24, 2.45) is 0 Å². The minimum absolute atomic E-state index is 0.136. The Labute approximate surface area is 154 Å². The molecule has 0 atom stereocenters. The summed E-state index contributed by atoms with van der Waals surface area (Å²) in [5.74, 6) is 1.20. The van der Waals surface area contributed by atoms with Crippen molar-refractivity contribution < 1.29 is 9.32 Å². The van der Waals surface area contributed by atoms with Crippen LogP contribution in [0.15, 0.2) is 40.9 Å². The normalized spacial score (nSPS) is 18.8. The zero-order valence-electron chi connectivity index (χ0n) is 15.1. The minimum atomic E-state index is -0.136. The van der Waals surface area contributed by atoms with Crippen molar-refractivity contribution in [2.75, 3.05) is 39.3 Å². The zero-order valence-corrected chi connectivity index (χ0v) is 15.1. The van der Waals surface area contributed by atoms with E-state index in [0.717, 1.165) is 57.9 Å². The summed E-state index contributed by atoms with van der Waals surface area (Å²) in [4.78, 5) is 17.0. The van der Waals surface area contributed by atoms with Gasteiger partial charge in [-0.1, -0.05) is 35.5 Å². The summed E-state index contributed by atoms with van der Waals surface area (Å²) in [7, 11) is 0. The number of carbonyl (C=O) groups is 1. The summed E-state index contributed by atoms with van der Waals surface area (Å²) in [6.07, 6.45) is 2.29. The van der Waals surface area contributed by atoms with Gasteiger partial charge in [0.05, 0.1) is 0 Å². The monoisotopic (exact) mass is 354 g/mol. The van der Waals surface area contributed by atoms with Crippen molar-refractivity contribution in [1.29, 1.82) is 0 Å². The maximum atomic E-state index is 12.1. The molecular weight excluding hydrogens is 328 g/mol. The van der Waals surface area contributed by atoms with Crippen molar-refractivity contribution in [3.05, 3.63) is 53.4 Å². The lowest BCUT2D eigenvalue weighted by molar-refractivity contribution is 0.0925. The number of nitrogens with zero attached hydrogens (tertiary/aromatic N) is 3. The van der Waals surface area contributed by atoms with Gasteiger partial charge >= 0.3 is 0 Å². The van der Waals surface area contributed by atoms with Gasteiger partial charge in [-0.25, -0.2) is 0 Å². The largest absolute Gasteiger partial charge is 0.360 e. The molecule has 4 rings (SSSR count). The highest BCUT2D eigenvalue weighted by Crippen LogP contribution is 2.40. The molecular formula is C20H26N4O2. The van der Waals surface area contributed by atoms with Gasteiger partial charge in [0.15, 0.2) is 5.69 Å². The third kappa shape index (κ3) is 4.51. The Hall–Kier alpha value is -2.18. The van der Waals surface area contributed by atoms with E-state index in [2.05, 4.69) is 50.6 Å². The van der Waals surface area contributed by atoms with Gasteiger partial charge in [-0.2, -0.15) is 0 Å². The first-order chi connectivity index (χ1) is 12.8. The molecule has 2 aliphatic rings. The second-order valence-corrected chi connectivity index (χ2v) is 7.25. The van der Waals surface area contributed by atoms with Crippen molar-refractivity contribution in [2.45, 2.75) is 25.3 Å².